The first-order valence-corrected chi connectivity index (χ1v) is 12.0. The van der Waals surface area contributed by atoms with Gasteiger partial charge in [-0.05, 0) is 29.7 Å². The fourth-order valence-corrected chi connectivity index (χ4v) is 6.47. The Morgan fingerprint density at radius 2 is 1.63 bits per heavy atom. The molecule has 1 heterocycles. The average molecular weight is 466 g/mol. The molecule has 1 aromatic heterocycles. The zero-order chi connectivity index (χ0) is 22.1. The van der Waals surface area contributed by atoms with Crippen LogP contribution in [0.15, 0.2) is 74.0 Å². The molecule has 13 heteroatoms. The van der Waals surface area contributed by atoms with Crippen LogP contribution in [0.2, 0.25) is 0 Å². The first kappa shape index (κ1) is 22.0. The lowest BCUT2D eigenvalue weighted by Gasteiger charge is -2.14. The van der Waals surface area contributed by atoms with Crippen molar-refractivity contribution in [3.63, 3.8) is 0 Å². The van der Waals surface area contributed by atoms with Crippen LogP contribution < -0.4 is 15.3 Å². The fraction of sp³-hybridized carbons (Fsp3) is 0. The summed E-state index contributed by atoms with van der Waals surface area (Å²) in [6.07, 6.45) is 0. The topological polar surface area (TPSA) is 161 Å². The summed E-state index contributed by atoms with van der Waals surface area (Å²) in [5, 5.41) is 30.9. The Bertz CT molecular complexity index is 1300. The Hall–Kier alpha value is -2.71. The van der Waals surface area contributed by atoms with E-state index in [-0.39, 0.29) is 19.5 Å². The molecular formula is C17H13BNO8S3-. The molecule has 3 aromatic rings. The second kappa shape index (κ2) is 8.20. The summed E-state index contributed by atoms with van der Waals surface area (Å²) in [5.74, 6) is -1.69. The number of anilines is 1. The number of sulfonamides is 1. The highest BCUT2D eigenvalue weighted by molar-refractivity contribution is 7.95. The number of carboxylic acid groups (broad SMARTS) is 1. The largest absolute Gasteiger partial charge is 0.545 e. The van der Waals surface area contributed by atoms with Crippen LogP contribution in [0.4, 0.5) is 5.69 Å². The van der Waals surface area contributed by atoms with Crippen LogP contribution in [-0.4, -0.2) is 40.0 Å². The van der Waals surface area contributed by atoms with Crippen molar-refractivity contribution in [1.82, 2.24) is 0 Å². The molecule has 0 aliphatic carbocycles. The van der Waals surface area contributed by atoms with Crippen LogP contribution in [0.1, 0.15) is 10.4 Å². The summed E-state index contributed by atoms with van der Waals surface area (Å²) in [4.78, 5) is 11.0. The zero-order valence-corrected chi connectivity index (χ0v) is 17.4. The normalized spacial score (nSPS) is 11.8. The van der Waals surface area contributed by atoms with Gasteiger partial charge in [0.1, 0.15) is 4.21 Å². The maximum Gasteiger partial charge on any atom is 0.488 e. The van der Waals surface area contributed by atoms with Gasteiger partial charge in [0.15, 0.2) is 0 Å². The van der Waals surface area contributed by atoms with Crippen molar-refractivity contribution in [3.8, 4) is 0 Å². The molecule has 0 fully saturated rings. The molecule has 0 saturated carbocycles. The van der Waals surface area contributed by atoms with Gasteiger partial charge < -0.3 is 19.9 Å². The molecule has 3 N–H and O–H groups in total. The summed E-state index contributed by atoms with van der Waals surface area (Å²) >= 11 is 0.631. The van der Waals surface area contributed by atoms with Crippen molar-refractivity contribution in [1.29, 1.82) is 0 Å². The van der Waals surface area contributed by atoms with Crippen LogP contribution in [0.25, 0.3) is 0 Å². The lowest BCUT2D eigenvalue weighted by molar-refractivity contribution is -0.254. The monoisotopic (exact) mass is 466 g/mol. The summed E-state index contributed by atoms with van der Waals surface area (Å²) in [6, 6.07) is 11.4. The molecule has 9 nitrogen and oxygen atoms in total. The predicted molar refractivity (Wildman–Crippen MR) is 108 cm³/mol. The van der Waals surface area contributed by atoms with Crippen molar-refractivity contribution < 1.29 is 36.8 Å². The standard InChI is InChI=1S/C17H14BNO8S3/c20-17(21)14-7-6-11(18(22)23)8-15(14)19-30(26,27)16-9-13(10-28-16)29(24,25)12-4-2-1-3-5-12/h1-10,19,22-23H,(H,20,21)/p-1. The Kier molecular flexibility index (Phi) is 6.01. The number of thiophene rings is 1. The molecule has 156 valence electrons. The van der Waals surface area contributed by atoms with Gasteiger partial charge in [-0.1, -0.05) is 30.3 Å². The quantitative estimate of drug-likeness (QED) is 0.390. The number of sulfone groups is 1. The van der Waals surface area contributed by atoms with Gasteiger partial charge in [0.2, 0.25) is 9.84 Å². The smallest absolute Gasteiger partial charge is 0.488 e. The highest BCUT2D eigenvalue weighted by atomic mass is 32.2. The molecule has 0 radical (unpaired) electrons. The highest BCUT2D eigenvalue weighted by Gasteiger charge is 2.25. The SMILES string of the molecule is O=C([O-])c1ccc(B(O)O)cc1NS(=O)(=O)c1cc(S(=O)(=O)c2ccccc2)cs1. The van der Waals surface area contributed by atoms with E-state index in [2.05, 4.69) is 0 Å². The van der Waals surface area contributed by atoms with Gasteiger partial charge in [0, 0.05) is 10.9 Å². The van der Waals surface area contributed by atoms with Crippen LogP contribution in [0, 0.1) is 0 Å². The van der Waals surface area contributed by atoms with E-state index in [1.54, 1.807) is 6.07 Å². The van der Waals surface area contributed by atoms with E-state index in [4.69, 9.17) is 0 Å². The minimum absolute atomic E-state index is 0.0106. The Balaban J connectivity index is 1.99. The number of nitrogens with one attached hydrogen (secondary N) is 1. The van der Waals surface area contributed by atoms with Crippen LogP contribution in [-0.2, 0) is 19.9 Å². The zero-order valence-electron chi connectivity index (χ0n) is 14.9. The lowest BCUT2D eigenvalue weighted by Crippen LogP contribution is -2.32. The minimum Gasteiger partial charge on any atom is -0.545 e. The van der Waals surface area contributed by atoms with E-state index >= 15 is 0 Å². The van der Waals surface area contributed by atoms with Gasteiger partial charge in [0.05, 0.1) is 21.4 Å². The van der Waals surface area contributed by atoms with Crippen molar-refractivity contribution in [2.24, 2.45) is 0 Å². The molecule has 3 rings (SSSR count). The summed E-state index contributed by atoms with van der Waals surface area (Å²) < 4.78 is 52.3. The maximum absolute atomic E-state index is 12.7. The fourth-order valence-electron chi connectivity index (χ4n) is 2.50. The van der Waals surface area contributed by atoms with Crippen LogP contribution in [0.5, 0.6) is 0 Å². The molecule has 0 unspecified atom stereocenters. The molecule has 0 spiro atoms. The van der Waals surface area contributed by atoms with Crippen LogP contribution >= 0.6 is 11.3 Å². The van der Waals surface area contributed by atoms with Gasteiger partial charge in [0.25, 0.3) is 10.0 Å². The number of benzene rings is 2. The number of rotatable bonds is 7. The minimum atomic E-state index is -4.38. The third kappa shape index (κ3) is 4.39. The van der Waals surface area contributed by atoms with Crippen molar-refractivity contribution >= 4 is 55.4 Å². The van der Waals surface area contributed by atoms with E-state index in [1.165, 1.54) is 24.3 Å². The number of aromatic carboxylic acids is 1. The molecule has 0 amide bonds. The van der Waals surface area contributed by atoms with Gasteiger partial charge >= 0.3 is 7.12 Å². The second-order valence-electron chi connectivity index (χ2n) is 5.99. The molecule has 0 aliphatic heterocycles. The number of carbonyl (C=O) groups excluding carboxylic acids is 1. The Morgan fingerprint density at radius 3 is 2.23 bits per heavy atom. The Morgan fingerprint density at radius 1 is 0.967 bits per heavy atom. The summed E-state index contributed by atoms with van der Waals surface area (Å²) in [5.41, 5.74) is -1.14. The molecule has 0 aliphatic rings. The molecular weight excluding hydrogens is 453 g/mol. The van der Waals surface area contributed by atoms with Gasteiger partial charge in [-0.3, -0.25) is 4.72 Å². The number of carboxylic acids is 1. The highest BCUT2D eigenvalue weighted by Crippen LogP contribution is 2.29. The van der Waals surface area contributed by atoms with E-state index in [1.807, 2.05) is 4.72 Å². The third-order valence-corrected chi connectivity index (χ3v) is 8.69. The van der Waals surface area contributed by atoms with E-state index in [0.29, 0.717) is 11.3 Å². The van der Waals surface area contributed by atoms with Crippen molar-refractivity contribution in [2.45, 2.75) is 14.0 Å². The number of hydrogen-bond acceptors (Lipinski definition) is 9. The van der Waals surface area contributed by atoms with E-state index in [0.717, 1.165) is 29.6 Å². The molecule has 0 atom stereocenters. The van der Waals surface area contributed by atoms with Crippen molar-refractivity contribution in [2.75, 3.05) is 4.72 Å². The second-order valence-corrected chi connectivity index (χ2v) is 10.8. The molecule has 0 bridgehead atoms. The lowest BCUT2D eigenvalue weighted by atomic mass is 9.79. The van der Waals surface area contributed by atoms with Gasteiger partial charge in [-0.2, -0.15) is 0 Å². The van der Waals surface area contributed by atoms with Crippen molar-refractivity contribution in [3.05, 3.63) is 65.5 Å². The Labute approximate surface area is 176 Å². The van der Waals surface area contributed by atoms with E-state index < -0.39 is 44.2 Å². The average Bonchev–Trinajstić information content (AvgIpc) is 3.20. The third-order valence-electron chi connectivity index (χ3n) is 3.99. The maximum atomic E-state index is 12.7. The molecule has 30 heavy (non-hydrogen) atoms. The van der Waals surface area contributed by atoms with E-state index in [9.17, 15) is 36.8 Å². The molecule has 2 aromatic carbocycles. The summed E-state index contributed by atoms with van der Waals surface area (Å²) in [6.45, 7) is 0. The predicted octanol–water partition coefficient (Wildman–Crippen LogP) is -0.575. The number of carbonyl (C=O) groups is 1. The first-order chi connectivity index (χ1) is 14.0. The molecule has 0 saturated heterocycles. The van der Waals surface area contributed by atoms with Crippen LogP contribution in [0.3, 0.4) is 0 Å². The summed E-state index contributed by atoms with van der Waals surface area (Å²) in [7, 11) is -10.3. The number of hydrogen-bond donors (Lipinski definition) is 3. The van der Waals surface area contributed by atoms with Gasteiger partial charge in [-0.15, -0.1) is 11.3 Å². The first-order valence-electron chi connectivity index (χ1n) is 8.15. The van der Waals surface area contributed by atoms with Gasteiger partial charge in [-0.25, -0.2) is 16.8 Å².